The van der Waals surface area contributed by atoms with E-state index in [9.17, 15) is 5.11 Å². The first kappa shape index (κ1) is 12.2. The molecule has 2 N–H and O–H groups in total. The summed E-state index contributed by atoms with van der Waals surface area (Å²) >= 11 is 0. The van der Waals surface area contributed by atoms with E-state index in [1.807, 2.05) is 19.1 Å². The second-order valence-corrected chi connectivity index (χ2v) is 5.48. The maximum atomic E-state index is 9.37. The van der Waals surface area contributed by atoms with E-state index in [-0.39, 0.29) is 0 Å². The van der Waals surface area contributed by atoms with Crippen molar-refractivity contribution in [2.24, 2.45) is 5.92 Å². The van der Waals surface area contributed by atoms with Gasteiger partial charge >= 0.3 is 0 Å². The van der Waals surface area contributed by atoms with Crippen molar-refractivity contribution in [1.29, 1.82) is 0 Å². The topological polar surface area (TPSA) is 45.4 Å². The minimum atomic E-state index is 0.297. The Hall–Kier alpha value is -1.90. The molecule has 1 heterocycles. The Labute approximate surface area is 113 Å². The van der Waals surface area contributed by atoms with Crippen LogP contribution in [0.5, 0.6) is 5.75 Å². The van der Waals surface area contributed by atoms with Crippen molar-refractivity contribution in [1.82, 2.24) is 0 Å². The normalized spacial score (nSPS) is 21.4. The van der Waals surface area contributed by atoms with Gasteiger partial charge in [-0.15, -0.1) is 0 Å². The molecule has 1 saturated carbocycles. The van der Waals surface area contributed by atoms with Crippen LogP contribution in [0.2, 0.25) is 0 Å². The standard InChI is InChI=1S/C16H19NO2/c1-10-8-14(10)16-6-4-13(19-16)9-17-15-5-3-12(18)7-11(15)2/h3-7,10,14,17-18H,8-9H2,1-2H3. The lowest BCUT2D eigenvalue weighted by Gasteiger charge is -2.08. The maximum absolute atomic E-state index is 9.37. The number of hydrogen-bond acceptors (Lipinski definition) is 3. The smallest absolute Gasteiger partial charge is 0.123 e. The van der Waals surface area contributed by atoms with E-state index in [4.69, 9.17) is 4.42 Å². The molecule has 1 aromatic carbocycles. The van der Waals surface area contributed by atoms with Gasteiger partial charge in [0.25, 0.3) is 0 Å². The van der Waals surface area contributed by atoms with Gasteiger partial charge in [0.05, 0.1) is 6.54 Å². The number of phenolic OH excluding ortho intramolecular Hbond substituents is 1. The van der Waals surface area contributed by atoms with E-state index in [2.05, 4.69) is 18.3 Å². The molecule has 1 fully saturated rings. The maximum Gasteiger partial charge on any atom is 0.123 e. The van der Waals surface area contributed by atoms with E-state index < -0.39 is 0 Å². The van der Waals surface area contributed by atoms with Gasteiger partial charge in [-0.05, 0) is 55.2 Å². The van der Waals surface area contributed by atoms with Crippen molar-refractivity contribution < 1.29 is 9.52 Å². The number of hydrogen-bond donors (Lipinski definition) is 2. The molecule has 2 atom stereocenters. The summed E-state index contributed by atoms with van der Waals surface area (Å²) in [4.78, 5) is 0. The van der Waals surface area contributed by atoms with Crippen LogP contribution in [0.25, 0.3) is 0 Å². The molecule has 1 aliphatic carbocycles. The molecule has 100 valence electrons. The SMILES string of the molecule is Cc1cc(O)ccc1NCc1ccc(C2CC2C)o1. The molecule has 19 heavy (non-hydrogen) atoms. The zero-order valence-electron chi connectivity index (χ0n) is 11.3. The molecular formula is C16H19NO2. The summed E-state index contributed by atoms with van der Waals surface area (Å²) in [6, 6.07) is 9.46. The quantitative estimate of drug-likeness (QED) is 0.813. The third-order valence-electron chi connectivity index (χ3n) is 3.82. The van der Waals surface area contributed by atoms with Gasteiger partial charge in [0, 0.05) is 11.6 Å². The van der Waals surface area contributed by atoms with Gasteiger partial charge in [0.15, 0.2) is 0 Å². The van der Waals surface area contributed by atoms with E-state index in [0.29, 0.717) is 18.2 Å². The summed E-state index contributed by atoms with van der Waals surface area (Å²) in [5.41, 5.74) is 2.05. The fraction of sp³-hybridized carbons (Fsp3) is 0.375. The summed E-state index contributed by atoms with van der Waals surface area (Å²) in [7, 11) is 0. The molecule has 3 rings (SSSR count). The molecule has 0 bridgehead atoms. The van der Waals surface area contributed by atoms with Gasteiger partial charge in [-0.2, -0.15) is 0 Å². The number of rotatable bonds is 4. The third kappa shape index (κ3) is 2.60. The van der Waals surface area contributed by atoms with Crippen LogP contribution in [0.15, 0.2) is 34.7 Å². The van der Waals surface area contributed by atoms with Crippen LogP contribution in [0.1, 0.15) is 36.3 Å². The Morgan fingerprint density at radius 2 is 2.11 bits per heavy atom. The monoisotopic (exact) mass is 257 g/mol. The first-order valence-electron chi connectivity index (χ1n) is 6.75. The van der Waals surface area contributed by atoms with Crippen molar-refractivity contribution in [3.05, 3.63) is 47.4 Å². The highest BCUT2D eigenvalue weighted by Crippen LogP contribution is 2.47. The molecule has 0 aliphatic heterocycles. The molecule has 0 spiro atoms. The van der Waals surface area contributed by atoms with Crippen molar-refractivity contribution in [2.75, 3.05) is 5.32 Å². The lowest BCUT2D eigenvalue weighted by Crippen LogP contribution is -1.99. The Morgan fingerprint density at radius 1 is 1.32 bits per heavy atom. The van der Waals surface area contributed by atoms with Gasteiger partial charge < -0.3 is 14.8 Å². The van der Waals surface area contributed by atoms with Gasteiger partial charge in [0.1, 0.15) is 17.3 Å². The molecule has 0 amide bonds. The summed E-state index contributed by atoms with van der Waals surface area (Å²) in [5.74, 6) is 3.77. The zero-order chi connectivity index (χ0) is 13.4. The number of phenols is 1. The third-order valence-corrected chi connectivity index (χ3v) is 3.82. The summed E-state index contributed by atoms with van der Waals surface area (Å²) in [5, 5.41) is 12.7. The van der Waals surface area contributed by atoms with E-state index >= 15 is 0 Å². The van der Waals surface area contributed by atoms with Gasteiger partial charge in [-0.3, -0.25) is 0 Å². The summed E-state index contributed by atoms with van der Waals surface area (Å²) in [6.45, 7) is 4.90. The molecule has 1 aliphatic rings. The highest BCUT2D eigenvalue weighted by molar-refractivity contribution is 5.53. The summed E-state index contributed by atoms with van der Waals surface area (Å²) in [6.07, 6.45) is 1.25. The number of aryl methyl sites for hydroxylation is 1. The molecule has 1 aromatic heterocycles. The largest absolute Gasteiger partial charge is 0.508 e. The molecule has 3 nitrogen and oxygen atoms in total. The molecule has 0 radical (unpaired) electrons. The average Bonchev–Trinajstić information content (AvgIpc) is 2.91. The predicted molar refractivity (Wildman–Crippen MR) is 75.4 cm³/mol. The van der Waals surface area contributed by atoms with Crippen molar-refractivity contribution in [3.8, 4) is 5.75 Å². The van der Waals surface area contributed by atoms with Crippen molar-refractivity contribution >= 4 is 5.69 Å². The van der Waals surface area contributed by atoms with Crippen LogP contribution in [0, 0.1) is 12.8 Å². The average molecular weight is 257 g/mol. The van der Waals surface area contributed by atoms with E-state index in [0.717, 1.165) is 28.7 Å². The summed E-state index contributed by atoms with van der Waals surface area (Å²) < 4.78 is 5.85. The Bertz CT molecular complexity index is 588. The van der Waals surface area contributed by atoms with Crippen LogP contribution in [-0.4, -0.2) is 5.11 Å². The molecule has 2 unspecified atom stereocenters. The van der Waals surface area contributed by atoms with Crippen LogP contribution in [-0.2, 0) is 6.54 Å². The van der Waals surface area contributed by atoms with E-state index in [1.165, 1.54) is 6.42 Å². The van der Waals surface area contributed by atoms with Gasteiger partial charge in [0.2, 0.25) is 0 Å². The number of aromatic hydroxyl groups is 1. The first-order valence-corrected chi connectivity index (χ1v) is 6.75. The molecular weight excluding hydrogens is 238 g/mol. The fourth-order valence-electron chi connectivity index (χ4n) is 2.44. The number of furan rings is 1. The lowest BCUT2D eigenvalue weighted by atomic mass is 10.2. The molecule has 2 aromatic rings. The highest BCUT2D eigenvalue weighted by atomic mass is 16.3. The lowest BCUT2D eigenvalue weighted by molar-refractivity contribution is 0.468. The van der Waals surface area contributed by atoms with Crippen LogP contribution in [0.3, 0.4) is 0 Å². The number of nitrogens with one attached hydrogen (secondary N) is 1. The minimum Gasteiger partial charge on any atom is -0.508 e. The predicted octanol–water partition coefficient (Wildman–Crippen LogP) is 4.03. The van der Waals surface area contributed by atoms with Crippen molar-refractivity contribution in [2.45, 2.75) is 32.7 Å². The minimum absolute atomic E-state index is 0.297. The molecule has 3 heteroatoms. The Kier molecular flexibility index (Phi) is 2.97. The van der Waals surface area contributed by atoms with Crippen LogP contribution >= 0.6 is 0 Å². The Balaban J connectivity index is 1.64. The van der Waals surface area contributed by atoms with E-state index in [1.54, 1.807) is 12.1 Å². The second kappa shape index (κ2) is 4.65. The fourth-order valence-corrected chi connectivity index (χ4v) is 2.44. The Morgan fingerprint density at radius 3 is 2.79 bits per heavy atom. The first-order chi connectivity index (χ1) is 9.13. The second-order valence-electron chi connectivity index (χ2n) is 5.48. The van der Waals surface area contributed by atoms with Crippen LogP contribution < -0.4 is 5.32 Å². The zero-order valence-corrected chi connectivity index (χ0v) is 11.3. The number of benzene rings is 1. The van der Waals surface area contributed by atoms with Gasteiger partial charge in [-0.1, -0.05) is 6.92 Å². The highest BCUT2D eigenvalue weighted by Gasteiger charge is 2.36. The van der Waals surface area contributed by atoms with Gasteiger partial charge in [-0.25, -0.2) is 0 Å². The number of anilines is 1. The molecule has 0 saturated heterocycles. The van der Waals surface area contributed by atoms with Crippen molar-refractivity contribution in [3.63, 3.8) is 0 Å². The van der Waals surface area contributed by atoms with Crippen LogP contribution in [0.4, 0.5) is 5.69 Å².